The molecule has 2 aromatic rings. The van der Waals surface area contributed by atoms with Gasteiger partial charge in [-0.15, -0.1) is 0 Å². The number of Topliss-reactive ketones (excluding diaryl/α,β-unsaturated/α-hetero) is 1. The molecule has 2 aliphatic rings. The molecule has 2 heterocycles. The highest BCUT2D eigenvalue weighted by Crippen LogP contribution is 2.40. The van der Waals surface area contributed by atoms with E-state index in [1.807, 2.05) is 31.2 Å². The fourth-order valence-corrected chi connectivity index (χ4v) is 4.03. The van der Waals surface area contributed by atoms with E-state index in [2.05, 4.69) is 0 Å². The molecule has 0 bridgehead atoms. The molecule has 2 aromatic carbocycles. The van der Waals surface area contributed by atoms with Crippen molar-refractivity contribution in [3.8, 4) is 0 Å². The Balaban J connectivity index is 1.83. The van der Waals surface area contributed by atoms with E-state index >= 15 is 0 Å². The number of hydrogen-bond donors (Lipinski definition) is 1. The Kier molecular flexibility index (Phi) is 5.20. The Morgan fingerprint density at radius 2 is 1.97 bits per heavy atom. The Morgan fingerprint density at radius 1 is 1.21 bits per heavy atom. The maximum Gasteiger partial charge on any atom is 0.295 e. The summed E-state index contributed by atoms with van der Waals surface area (Å²) in [5.41, 5.74) is 2.03. The lowest BCUT2D eigenvalue weighted by Crippen LogP contribution is -2.36. The summed E-state index contributed by atoms with van der Waals surface area (Å²) in [6, 6.07) is 12.0. The number of likely N-dealkylation sites (tertiary alicyclic amines) is 1. The van der Waals surface area contributed by atoms with Crippen molar-refractivity contribution >= 4 is 17.4 Å². The van der Waals surface area contributed by atoms with Gasteiger partial charge >= 0.3 is 0 Å². The highest BCUT2D eigenvalue weighted by molar-refractivity contribution is 6.46. The third kappa shape index (κ3) is 3.68. The first-order valence-electron chi connectivity index (χ1n) is 9.68. The largest absolute Gasteiger partial charge is 0.507 e. The monoisotopic (exact) mass is 395 g/mol. The number of carbonyl (C=O) groups excluding carboxylic acids is 2. The van der Waals surface area contributed by atoms with Gasteiger partial charge in [-0.2, -0.15) is 0 Å². The lowest BCUT2D eigenvalue weighted by atomic mass is 9.94. The zero-order chi connectivity index (χ0) is 20.5. The number of rotatable bonds is 4. The number of aliphatic hydroxyl groups is 1. The minimum Gasteiger partial charge on any atom is -0.507 e. The topological polar surface area (TPSA) is 66.8 Å². The minimum atomic E-state index is -0.740. The molecule has 1 N–H and O–H groups in total. The van der Waals surface area contributed by atoms with E-state index in [0.717, 1.165) is 24.0 Å². The Hall–Kier alpha value is -2.99. The van der Waals surface area contributed by atoms with Crippen LogP contribution in [0.4, 0.5) is 4.39 Å². The third-order valence-corrected chi connectivity index (χ3v) is 5.44. The Labute approximate surface area is 168 Å². The summed E-state index contributed by atoms with van der Waals surface area (Å²) in [4.78, 5) is 27.3. The quantitative estimate of drug-likeness (QED) is 0.487. The van der Waals surface area contributed by atoms with Gasteiger partial charge in [-0.05, 0) is 49.6 Å². The van der Waals surface area contributed by atoms with Gasteiger partial charge in [0.1, 0.15) is 11.6 Å². The SMILES string of the molecule is Cc1cccc(C2/C(=C(/O)c3ccc(F)cc3)C(=O)C(=O)N2CC2CCCO2)c1. The molecular weight excluding hydrogens is 373 g/mol. The van der Waals surface area contributed by atoms with E-state index in [9.17, 15) is 19.1 Å². The number of ketones is 1. The van der Waals surface area contributed by atoms with Crippen LogP contribution >= 0.6 is 0 Å². The standard InChI is InChI=1S/C23H22FNO4/c1-14-4-2-5-16(12-14)20-19(21(26)15-7-9-17(24)10-8-15)22(27)23(28)25(20)13-18-6-3-11-29-18/h2,4-5,7-10,12,18,20,26H,3,6,11,13H2,1H3/b21-19-. The number of ether oxygens (including phenoxy) is 1. The van der Waals surface area contributed by atoms with E-state index < -0.39 is 23.5 Å². The van der Waals surface area contributed by atoms with Crippen LogP contribution in [0.15, 0.2) is 54.1 Å². The first-order chi connectivity index (χ1) is 14.0. The summed E-state index contributed by atoms with van der Waals surface area (Å²) in [7, 11) is 0. The van der Waals surface area contributed by atoms with Crippen LogP contribution in [0, 0.1) is 12.7 Å². The summed E-state index contributed by atoms with van der Waals surface area (Å²) in [6.45, 7) is 2.85. The average Bonchev–Trinajstić information content (AvgIpc) is 3.30. The number of halogens is 1. The number of nitrogens with zero attached hydrogens (tertiary/aromatic N) is 1. The van der Waals surface area contributed by atoms with Crippen LogP contribution in [-0.2, 0) is 14.3 Å². The van der Waals surface area contributed by atoms with Gasteiger partial charge in [-0.3, -0.25) is 9.59 Å². The van der Waals surface area contributed by atoms with Crippen molar-refractivity contribution < 1.29 is 23.8 Å². The van der Waals surface area contributed by atoms with Crippen LogP contribution in [-0.4, -0.2) is 41.0 Å². The van der Waals surface area contributed by atoms with Crippen LogP contribution in [0.2, 0.25) is 0 Å². The number of carbonyl (C=O) groups is 2. The fourth-order valence-electron chi connectivity index (χ4n) is 4.03. The summed E-state index contributed by atoms with van der Waals surface area (Å²) in [6.07, 6.45) is 1.60. The summed E-state index contributed by atoms with van der Waals surface area (Å²) in [5, 5.41) is 10.9. The van der Waals surface area contributed by atoms with E-state index in [0.29, 0.717) is 12.2 Å². The van der Waals surface area contributed by atoms with Crippen LogP contribution in [0.25, 0.3) is 5.76 Å². The molecule has 0 aliphatic carbocycles. The molecule has 2 atom stereocenters. The molecule has 150 valence electrons. The van der Waals surface area contributed by atoms with Crippen molar-refractivity contribution in [1.29, 1.82) is 0 Å². The molecule has 6 heteroatoms. The molecule has 4 rings (SSSR count). The third-order valence-electron chi connectivity index (χ3n) is 5.44. The number of aliphatic hydroxyl groups excluding tert-OH is 1. The van der Waals surface area contributed by atoms with Gasteiger partial charge in [0.25, 0.3) is 11.7 Å². The lowest BCUT2D eigenvalue weighted by Gasteiger charge is -2.27. The second-order valence-electron chi connectivity index (χ2n) is 7.51. The molecule has 1 amide bonds. The summed E-state index contributed by atoms with van der Waals surface area (Å²) >= 11 is 0. The molecule has 2 fully saturated rings. The maximum absolute atomic E-state index is 13.3. The van der Waals surface area contributed by atoms with Crippen molar-refractivity contribution in [3.05, 3.63) is 76.6 Å². The number of aryl methyl sites for hydroxylation is 1. The lowest BCUT2D eigenvalue weighted by molar-refractivity contribution is -0.140. The smallest absolute Gasteiger partial charge is 0.295 e. The number of amides is 1. The molecule has 0 radical (unpaired) electrons. The molecule has 2 saturated heterocycles. The molecule has 2 unspecified atom stereocenters. The van der Waals surface area contributed by atoms with E-state index in [1.165, 1.54) is 29.2 Å². The van der Waals surface area contributed by atoms with E-state index in [-0.39, 0.29) is 24.0 Å². The normalized spacial score (nSPS) is 23.7. The Morgan fingerprint density at radius 3 is 2.62 bits per heavy atom. The second kappa shape index (κ2) is 7.79. The first-order valence-corrected chi connectivity index (χ1v) is 9.68. The molecule has 5 nitrogen and oxygen atoms in total. The number of hydrogen-bond acceptors (Lipinski definition) is 4. The predicted molar refractivity (Wildman–Crippen MR) is 106 cm³/mol. The molecule has 2 aliphatic heterocycles. The predicted octanol–water partition coefficient (Wildman–Crippen LogP) is 3.73. The molecule has 29 heavy (non-hydrogen) atoms. The van der Waals surface area contributed by atoms with Crippen molar-refractivity contribution in [2.24, 2.45) is 0 Å². The average molecular weight is 395 g/mol. The fraction of sp³-hybridized carbons (Fsp3) is 0.304. The maximum atomic E-state index is 13.3. The van der Waals surface area contributed by atoms with E-state index in [1.54, 1.807) is 0 Å². The summed E-state index contributed by atoms with van der Waals surface area (Å²) < 4.78 is 19.0. The molecule has 0 aromatic heterocycles. The van der Waals surface area contributed by atoms with Gasteiger partial charge in [0, 0.05) is 18.7 Å². The van der Waals surface area contributed by atoms with Gasteiger partial charge in [0.05, 0.1) is 17.7 Å². The van der Waals surface area contributed by atoms with E-state index in [4.69, 9.17) is 4.74 Å². The van der Waals surface area contributed by atoms with Crippen molar-refractivity contribution in [2.75, 3.05) is 13.2 Å². The van der Waals surface area contributed by atoms with Crippen molar-refractivity contribution in [3.63, 3.8) is 0 Å². The minimum absolute atomic E-state index is 0.0187. The highest BCUT2D eigenvalue weighted by atomic mass is 19.1. The van der Waals surface area contributed by atoms with Crippen LogP contribution < -0.4 is 0 Å². The Bertz CT molecular complexity index is 977. The van der Waals surface area contributed by atoms with Gasteiger partial charge in [-0.1, -0.05) is 29.8 Å². The van der Waals surface area contributed by atoms with Crippen molar-refractivity contribution in [1.82, 2.24) is 4.90 Å². The highest BCUT2D eigenvalue weighted by Gasteiger charge is 2.47. The number of benzene rings is 2. The van der Waals surface area contributed by atoms with Gasteiger partial charge < -0.3 is 14.7 Å². The second-order valence-corrected chi connectivity index (χ2v) is 7.51. The first kappa shape index (κ1) is 19.3. The van der Waals surface area contributed by atoms with Gasteiger partial charge in [0.2, 0.25) is 0 Å². The van der Waals surface area contributed by atoms with Crippen LogP contribution in [0.1, 0.15) is 35.6 Å². The molecule has 0 saturated carbocycles. The van der Waals surface area contributed by atoms with Crippen LogP contribution in [0.5, 0.6) is 0 Å². The van der Waals surface area contributed by atoms with Crippen LogP contribution in [0.3, 0.4) is 0 Å². The van der Waals surface area contributed by atoms with Gasteiger partial charge in [-0.25, -0.2) is 4.39 Å². The van der Waals surface area contributed by atoms with Crippen molar-refractivity contribution in [2.45, 2.75) is 31.9 Å². The molecular formula is C23H22FNO4. The summed E-state index contributed by atoms with van der Waals surface area (Å²) in [5.74, 6) is -2.15. The zero-order valence-corrected chi connectivity index (χ0v) is 16.1. The van der Waals surface area contributed by atoms with Gasteiger partial charge in [0.15, 0.2) is 0 Å². The molecule has 0 spiro atoms. The zero-order valence-electron chi connectivity index (χ0n) is 16.1.